The second-order valence-corrected chi connectivity index (χ2v) is 8.03. The van der Waals surface area contributed by atoms with Gasteiger partial charge in [0.25, 0.3) is 5.56 Å². The first kappa shape index (κ1) is 25.6. The highest BCUT2D eigenvalue weighted by Crippen LogP contribution is 2.17. The van der Waals surface area contributed by atoms with Crippen LogP contribution in [0.1, 0.15) is 20.8 Å². The molecule has 0 saturated carbocycles. The van der Waals surface area contributed by atoms with Crippen LogP contribution < -0.4 is 5.56 Å². The second kappa shape index (κ2) is 10.6. The van der Waals surface area contributed by atoms with E-state index in [0.29, 0.717) is 4.57 Å². The highest BCUT2D eigenvalue weighted by atomic mass is 32.2. The van der Waals surface area contributed by atoms with Crippen LogP contribution in [-0.2, 0) is 30.9 Å². The van der Waals surface area contributed by atoms with E-state index in [1.54, 1.807) is 13.8 Å². The number of ether oxygens (including phenoxy) is 1. The van der Waals surface area contributed by atoms with Crippen molar-refractivity contribution < 1.29 is 35.9 Å². The first-order chi connectivity index (χ1) is 13.8. The molecular formula is C17H24F3N3O6S. The molecule has 13 heteroatoms. The van der Waals surface area contributed by atoms with Crippen molar-refractivity contribution in [2.24, 2.45) is 0 Å². The van der Waals surface area contributed by atoms with E-state index in [-0.39, 0.29) is 29.5 Å². The molecule has 9 nitrogen and oxygen atoms in total. The molecule has 1 amide bonds. The predicted molar refractivity (Wildman–Crippen MR) is 100 cm³/mol. The van der Waals surface area contributed by atoms with Crippen molar-refractivity contribution in [2.75, 3.05) is 32.8 Å². The smallest absolute Gasteiger partial charge is 0.406 e. The maximum absolute atomic E-state index is 12.8. The summed E-state index contributed by atoms with van der Waals surface area (Å²) in [7, 11) is -3.96. The van der Waals surface area contributed by atoms with Crippen molar-refractivity contribution in [3.63, 3.8) is 0 Å². The summed E-state index contributed by atoms with van der Waals surface area (Å²) in [5, 5.41) is 0. The minimum atomic E-state index is -4.79. The van der Waals surface area contributed by atoms with Crippen LogP contribution in [0.4, 0.5) is 13.2 Å². The Morgan fingerprint density at radius 1 is 1.13 bits per heavy atom. The highest BCUT2D eigenvalue weighted by molar-refractivity contribution is 7.89. The number of hydrogen-bond donors (Lipinski definition) is 0. The number of hydrogen-bond acceptors (Lipinski definition) is 6. The molecule has 0 atom stereocenters. The van der Waals surface area contributed by atoms with Gasteiger partial charge in [-0.15, -0.1) is 0 Å². The fourth-order valence-corrected chi connectivity index (χ4v) is 4.03. The van der Waals surface area contributed by atoms with Gasteiger partial charge in [-0.1, -0.05) is 13.8 Å². The van der Waals surface area contributed by atoms with Crippen molar-refractivity contribution in [2.45, 2.75) is 38.4 Å². The summed E-state index contributed by atoms with van der Waals surface area (Å²) in [4.78, 5) is 35.9. The third kappa shape index (κ3) is 7.13. The zero-order valence-corrected chi connectivity index (χ0v) is 17.6. The summed E-state index contributed by atoms with van der Waals surface area (Å²) in [6, 6.07) is 1.96. The topological polar surface area (TPSA) is 106 Å². The molecule has 0 bridgehead atoms. The summed E-state index contributed by atoms with van der Waals surface area (Å²) in [5.41, 5.74) is -0.787. The first-order valence-corrected chi connectivity index (χ1v) is 10.5. The summed E-state index contributed by atoms with van der Waals surface area (Å²) >= 11 is 0. The van der Waals surface area contributed by atoms with Gasteiger partial charge in [0.15, 0.2) is 0 Å². The summed E-state index contributed by atoms with van der Waals surface area (Å²) in [6.07, 6.45) is -3.90. The molecule has 0 aromatic carbocycles. The molecule has 0 aliphatic heterocycles. The molecule has 0 unspecified atom stereocenters. The van der Waals surface area contributed by atoms with Crippen LogP contribution >= 0.6 is 0 Å². The molecule has 170 valence electrons. The fourth-order valence-electron chi connectivity index (χ4n) is 2.56. The Labute approximate surface area is 172 Å². The van der Waals surface area contributed by atoms with Crippen molar-refractivity contribution in [1.82, 2.24) is 13.8 Å². The Morgan fingerprint density at radius 3 is 2.23 bits per heavy atom. The zero-order chi connectivity index (χ0) is 23.1. The van der Waals surface area contributed by atoms with Crippen LogP contribution in [0.2, 0.25) is 0 Å². The molecule has 0 spiro atoms. The standard InChI is InChI=1S/C17H24F3N3O6S/c1-4-23(5-2)30(27,28)13-7-8-14(24)21(9-13)10-15(25)22(12-17(18,19)20)11-16(26)29-6-3/h7-9H,4-6,10-12H2,1-3H3. The number of sulfonamides is 1. The summed E-state index contributed by atoms with van der Waals surface area (Å²) in [5.74, 6) is -2.24. The van der Waals surface area contributed by atoms with Gasteiger partial charge >= 0.3 is 12.1 Å². The Morgan fingerprint density at radius 2 is 1.73 bits per heavy atom. The number of esters is 1. The molecule has 30 heavy (non-hydrogen) atoms. The SMILES string of the molecule is CCOC(=O)CN(CC(F)(F)F)C(=O)Cn1cc(S(=O)(=O)N(CC)CC)ccc1=O. The van der Waals surface area contributed by atoms with Gasteiger partial charge in [0.1, 0.15) is 19.6 Å². The van der Waals surface area contributed by atoms with Gasteiger partial charge in [-0.05, 0) is 13.0 Å². The van der Waals surface area contributed by atoms with Crippen LogP contribution in [-0.4, -0.2) is 73.0 Å². The van der Waals surface area contributed by atoms with E-state index in [4.69, 9.17) is 0 Å². The molecule has 1 aromatic heterocycles. The lowest BCUT2D eigenvalue weighted by molar-refractivity contribution is -0.167. The first-order valence-electron chi connectivity index (χ1n) is 9.06. The summed E-state index contributed by atoms with van der Waals surface area (Å²) in [6.45, 7) is 1.36. The van der Waals surface area contributed by atoms with Crippen molar-refractivity contribution in [1.29, 1.82) is 0 Å². The summed E-state index contributed by atoms with van der Waals surface area (Å²) < 4.78 is 70.0. The van der Waals surface area contributed by atoms with E-state index in [1.165, 1.54) is 6.92 Å². The zero-order valence-electron chi connectivity index (χ0n) is 16.8. The molecule has 1 heterocycles. The average Bonchev–Trinajstić information content (AvgIpc) is 2.62. The highest BCUT2D eigenvalue weighted by Gasteiger charge is 2.34. The molecule has 0 aliphatic carbocycles. The lowest BCUT2D eigenvalue weighted by atomic mass is 10.4. The Bertz CT molecular complexity index is 910. The van der Waals surface area contributed by atoms with E-state index >= 15 is 0 Å². The predicted octanol–water partition coefficient (Wildman–Crippen LogP) is 0.833. The lowest BCUT2D eigenvalue weighted by Crippen LogP contribution is -2.45. The van der Waals surface area contributed by atoms with E-state index in [0.717, 1.165) is 22.6 Å². The van der Waals surface area contributed by atoms with Gasteiger partial charge in [-0.25, -0.2) is 8.42 Å². The molecular weight excluding hydrogens is 431 g/mol. The van der Waals surface area contributed by atoms with Crippen molar-refractivity contribution in [3.05, 3.63) is 28.7 Å². The van der Waals surface area contributed by atoms with E-state index in [9.17, 15) is 36.0 Å². The van der Waals surface area contributed by atoms with Gasteiger partial charge in [0.2, 0.25) is 15.9 Å². The number of nitrogens with zero attached hydrogens (tertiary/aromatic N) is 3. The molecule has 0 saturated heterocycles. The quantitative estimate of drug-likeness (QED) is 0.484. The second-order valence-electron chi connectivity index (χ2n) is 6.09. The monoisotopic (exact) mass is 455 g/mol. The number of pyridine rings is 1. The maximum Gasteiger partial charge on any atom is 0.406 e. The van der Waals surface area contributed by atoms with Crippen molar-refractivity contribution >= 4 is 21.9 Å². The van der Waals surface area contributed by atoms with Gasteiger partial charge in [0, 0.05) is 25.4 Å². The van der Waals surface area contributed by atoms with Crippen LogP contribution in [0.3, 0.4) is 0 Å². The van der Waals surface area contributed by atoms with Gasteiger partial charge in [-0.3, -0.25) is 14.4 Å². The third-order valence-corrected chi connectivity index (χ3v) is 5.99. The number of aromatic nitrogens is 1. The van der Waals surface area contributed by atoms with E-state index in [2.05, 4.69) is 4.74 Å². The molecule has 0 aliphatic rings. The molecule has 0 fully saturated rings. The van der Waals surface area contributed by atoms with Crippen LogP contribution in [0.25, 0.3) is 0 Å². The number of carbonyl (C=O) groups is 2. The Balaban J connectivity index is 3.20. The Hall–Kier alpha value is -2.41. The number of rotatable bonds is 10. The lowest BCUT2D eigenvalue weighted by Gasteiger charge is -2.23. The van der Waals surface area contributed by atoms with Gasteiger partial charge in [-0.2, -0.15) is 17.5 Å². The van der Waals surface area contributed by atoms with Crippen LogP contribution in [0.15, 0.2) is 28.0 Å². The number of halogens is 3. The Kier molecular flexibility index (Phi) is 9.03. The van der Waals surface area contributed by atoms with Gasteiger partial charge in [0.05, 0.1) is 11.5 Å². The maximum atomic E-state index is 12.8. The van der Waals surface area contributed by atoms with E-state index in [1.807, 2.05) is 0 Å². The molecule has 0 radical (unpaired) electrons. The molecule has 1 rings (SSSR count). The van der Waals surface area contributed by atoms with Crippen LogP contribution in [0.5, 0.6) is 0 Å². The molecule has 1 aromatic rings. The minimum absolute atomic E-state index is 0.0857. The van der Waals surface area contributed by atoms with Crippen molar-refractivity contribution in [3.8, 4) is 0 Å². The van der Waals surface area contributed by atoms with Gasteiger partial charge < -0.3 is 14.2 Å². The number of carbonyl (C=O) groups excluding carboxylic acids is 2. The minimum Gasteiger partial charge on any atom is -0.465 e. The average molecular weight is 455 g/mol. The number of alkyl halides is 3. The fraction of sp³-hybridized carbons (Fsp3) is 0.588. The van der Waals surface area contributed by atoms with Crippen LogP contribution in [0, 0.1) is 0 Å². The third-order valence-electron chi connectivity index (χ3n) is 3.95. The molecule has 0 N–H and O–H groups in total. The number of amides is 1. The van der Waals surface area contributed by atoms with E-state index < -0.39 is 53.3 Å². The largest absolute Gasteiger partial charge is 0.465 e. The normalized spacial score (nSPS) is 12.1.